The summed E-state index contributed by atoms with van der Waals surface area (Å²) in [4.78, 5) is 27.9. The number of carbonyl (C=O) groups is 2. The van der Waals surface area contributed by atoms with E-state index >= 15 is 0 Å². The summed E-state index contributed by atoms with van der Waals surface area (Å²) in [6.45, 7) is 2.27. The molecule has 2 N–H and O–H groups in total. The Morgan fingerprint density at radius 2 is 1.85 bits per heavy atom. The highest BCUT2D eigenvalue weighted by Gasteiger charge is 2.44. The number of carbonyl (C=O) groups excluding carboxylic acids is 2. The Kier molecular flexibility index (Phi) is 8.49. The van der Waals surface area contributed by atoms with Crippen LogP contribution in [-0.4, -0.2) is 43.6 Å². The molecule has 0 aromatic heterocycles. The molecule has 0 saturated carbocycles. The van der Waals surface area contributed by atoms with E-state index < -0.39 is 17.6 Å². The first-order chi connectivity index (χ1) is 19.3. The van der Waals surface area contributed by atoms with Crippen LogP contribution in [-0.2, 0) is 21.7 Å². The summed E-state index contributed by atoms with van der Waals surface area (Å²) < 4.78 is 25.0. The Hall–Kier alpha value is -3.33. The van der Waals surface area contributed by atoms with Crippen LogP contribution in [0.25, 0.3) is 0 Å². The molecule has 2 amide bonds. The van der Waals surface area contributed by atoms with Gasteiger partial charge in [0.2, 0.25) is 5.91 Å². The number of anilines is 1. The predicted octanol–water partition coefficient (Wildman–Crippen LogP) is 6.48. The molecule has 2 aliphatic rings. The monoisotopic (exact) mass is 585 g/mol. The van der Waals surface area contributed by atoms with Gasteiger partial charge >= 0.3 is 6.09 Å². The topological polar surface area (TPSA) is 79.9 Å². The van der Waals surface area contributed by atoms with E-state index in [1.165, 1.54) is 12.1 Å². The van der Waals surface area contributed by atoms with Crippen LogP contribution in [0.5, 0.6) is 5.75 Å². The van der Waals surface area contributed by atoms with Gasteiger partial charge in [-0.3, -0.25) is 10.1 Å². The van der Waals surface area contributed by atoms with Gasteiger partial charge in [0.05, 0.1) is 28.8 Å². The molecule has 1 spiro atoms. The van der Waals surface area contributed by atoms with Crippen molar-refractivity contribution in [3.05, 3.63) is 93.2 Å². The van der Waals surface area contributed by atoms with Crippen LogP contribution in [0.3, 0.4) is 0 Å². The fourth-order valence-electron chi connectivity index (χ4n) is 5.43. The lowest BCUT2D eigenvalue weighted by Gasteiger charge is -2.44. The van der Waals surface area contributed by atoms with E-state index in [9.17, 15) is 14.0 Å². The summed E-state index contributed by atoms with van der Waals surface area (Å²) in [5.74, 6) is -0.180. The molecule has 3 aromatic carbocycles. The molecule has 10 heteroatoms. The van der Waals surface area contributed by atoms with Crippen molar-refractivity contribution < 1.29 is 23.5 Å². The Labute approximate surface area is 242 Å². The van der Waals surface area contributed by atoms with E-state index in [0.717, 1.165) is 16.9 Å². The number of benzene rings is 3. The van der Waals surface area contributed by atoms with Crippen LogP contribution in [0.4, 0.5) is 14.9 Å². The largest absolute Gasteiger partial charge is 0.497 e. The summed E-state index contributed by atoms with van der Waals surface area (Å²) in [6, 6.07) is 17.2. The second-order valence-electron chi connectivity index (χ2n) is 10.1. The standard InChI is InChI=1S/C30H30Cl2FN3O4/c1-39-22-6-2-19(3-7-22)18-34-28(37)23(20-4-8-25(31)26(32)16-20)10-13-36-14-11-30(12-15-36)24-17-21(33)5-9-27(24)35-29(38)40-30/h2-9,16-17,23H,10-15,18H2,1H3,(H,34,37)(H,35,38). The zero-order chi connectivity index (χ0) is 28.3. The van der Waals surface area contributed by atoms with Gasteiger partial charge in [-0.15, -0.1) is 0 Å². The van der Waals surface area contributed by atoms with Crippen molar-refractivity contribution in [3.63, 3.8) is 0 Å². The van der Waals surface area contributed by atoms with Crippen LogP contribution < -0.4 is 15.4 Å². The van der Waals surface area contributed by atoms with Crippen molar-refractivity contribution in [2.45, 2.75) is 37.3 Å². The van der Waals surface area contributed by atoms with Gasteiger partial charge in [0.15, 0.2) is 0 Å². The highest BCUT2D eigenvalue weighted by atomic mass is 35.5. The van der Waals surface area contributed by atoms with Crippen LogP contribution in [0.15, 0.2) is 60.7 Å². The molecule has 1 unspecified atom stereocenters. The lowest BCUT2D eigenvalue weighted by Crippen LogP contribution is -2.48. The second-order valence-corrected chi connectivity index (χ2v) is 10.9. The first-order valence-electron chi connectivity index (χ1n) is 13.1. The van der Waals surface area contributed by atoms with Crippen molar-refractivity contribution in [2.24, 2.45) is 0 Å². The number of methoxy groups -OCH3 is 1. The number of fused-ring (bicyclic) bond motifs is 2. The van der Waals surface area contributed by atoms with E-state index in [1.807, 2.05) is 30.3 Å². The van der Waals surface area contributed by atoms with E-state index in [2.05, 4.69) is 15.5 Å². The molecule has 5 rings (SSSR count). The molecular formula is C30H30Cl2FN3O4. The van der Waals surface area contributed by atoms with Crippen molar-refractivity contribution in [3.8, 4) is 5.75 Å². The quantitative estimate of drug-likeness (QED) is 0.316. The molecule has 1 fully saturated rings. The molecule has 0 bridgehead atoms. The van der Waals surface area contributed by atoms with E-state index in [4.69, 9.17) is 32.7 Å². The first kappa shape index (κ1) is 28.2. The minimum Gasteiger partial charge on any atom is -0.497 e. The molecule has 0 aliphatic carbocycles. The molecule has 0 radical (unpaired) electrons. The highest BCUT2D eigenvalue weighted by molar-refractivity contribution is 6.42. The number of ether oxygens (including phenoxy) is 2. The van der Waals surface area contributed by atoms with Crippen LogP contribution in [0.2, 0.25) is 10.0 Å². The lowest BCUT2D eigenvalue weighted by atomic mass is 9.82. The Morgan fingerprint density at radius 1 is 1.10 bits per heavy atom. The maximum Gasteiger partial charge on any atom is 0.412 e. The minimum absolute atomic E-state index is 0.112. The normalized spacial score (nSPS) is 16.9. The molecule has 2 aliphatic heterocycles. The Balaban J connectivity index is 1.26. The number of amides is 2. The fraction of sp³-hybridized carbons (Fsp3) is 0.333. The number of halogens is 3. The van der Waals surface area contributed by atoms with Crippen molar-refractivity contribution in [2.75, 3.05) is 32.1 Å². The van der Waals surface area contributed by atoms with Gasteiger partial charge in [0.1, 0.15) is 17.2 Å². The van der Waals surface area contributed by atoms with Gasteiger partial charge in [-0.05, 0) is 66.6 Å². The second kappa shape index (κ2) is 12.0. The van der Waals surface area contributed by atoms with Gasteiger partial charge in [0.25, 0.3) is 0 Å². The van der Waals surface area contributed by atoms with E-state index in [0.29, 0.717) is 66.7 Å². The minimum atomic E-state index is -0.866. The van der Waals surface area contributed by atoms with Crippen molar-refractivity contribution >= 4 is 40.9 Å². The average Bonchev–Trinajstić information content (AvgIpc) is 2.95. The number of hydrogen-bond acceptors (Lipinski definition) is 5. The lowest BCUT2D eigenvalue weighted by molar-refractivity contribution is -0.123. The smallest absolute Gasteiger partial charge is 0.412 e. The highest BCUT2D eigenvalue weighted by Crippen LogP contribution is 2.44. The molecule has 2 heterocycles. The first-order valence-corrected chi connectivity index (χ1v) is 13.9. The third kappa shape index (κ3) is 6.19. The van der Waals surface area contributed by atoms with Gasteiger partial charge in [-0.2, -0.15) is 0 Å². The van der Waals surface area contributed by atoms with Gasteiger partial charge in [0, 0.05) is 38.0 Å². The molecule has 1 atom stereocenters. The number of rotatable bonds is 8. The third-order valence-electron chi connectivity index (χ3n) is 7.68. The zero-order valence-corrected chi connectivity index (χ0v) is 23.5. The molecule has 210 valence electrons. The van der Waals surface area contributed by atoms with E-state index in [1.54, 1.807) is 25.3 Å². The average molecular weight is 586 g/mol. The number of piperidine rings is 1. The van der Waals surface area contributed by atoms with Gasteiger partial charge in [-0.1, -0.05) is 41.4 Å². The SMILES string of the molecule is COc1ccc(CNC(=O)C(CCN2CCC3(CC2)OC(=O)Nc2ccc(F)cc23)c2ccc(Cl)c(Cl)c2)cc1. The van der Waals surface area contributed by atoms with Crippen LogP contribution >= 0.6 is 23.2 Å². The van der Waals surface area contributed by atoms with Crippen molar-refractivity contribution in [1.82, 2.24) is 10.2 Å². The summed E-state index contributed by atoms with van der Waals surface area (Å²) in [5.41, 5.74) is 2.12. The zero-order valence-electron chi connectivity index (χ0n) is 22.0. The third-order valence-corrected chi connectivity index (χ3v) is 8.42. The summed E-state index contributed by atoms with van der Waals surface area (Å²) in [6.07, 6.45) is 1.07. The van der Waals surface area contributed by atoms with Gasteiger partial charge in [-0.25, -0.2) is 9.18 Å². The maximum atomic E-state index is 14.1. The van der Waals surface area contributed by atoms with E-state index in [-0.39, 0.29) is 11.7 Å². The van der Waals surface area contributed by atoms with Crippen molar-refractivity contribution in [1.29, 1.82) is 0 Å². The Morgan fingerprint density at radius 3 is 2.55 bits per heavy atom. The van der Waals surface area contributed by atoms with Crippen LogP contribution in [0.1, 0.15) is 41.9 Å². The number of nitrogens with zero attached hydrogens (tertiary/aromatic N) is 1. The number of hydrogen-bond donors (Lipinski definition) is 2. The fourth-order valence-corrected chi connectivity index (χ4v) is 5.73. The number of nitrogens with one attached hydrogen (secondary N) is 2. The van der Waals surface area contributed by atoms with Gasteiger partial charge < -0.3 is 19.7 Å². The summed E-state index contributed by atoms with van der Waals surface area (Å²) >= 11 is 12.4. The maximum absolute atomic E-state index is 14.1. The summed E-state index contributed by atoms with van der Waals surface area (Å²) in [7, 11) is 1.61. The molecule has 40 heavy (non-hydrogen) atoms. The number of likely N-dealkylation sites (tertiary alicyclic amines) is 1. The molecular weight excluding hydrogens is 556 g/mol. The van der Waals surface area contributed by atoms with Crippen LogP contribution in [0, 0.1) is 5.82 Å². The Bertz CT molecular complexity index is 1390. The predicted molar refractivity (Wildman–Crippen MR) is 153 cm³/mol. The molecule has 7 nitrogen and oxygen atoms in total. The molecule has 1 saturated heterocycles. The summed E-state index contributed by atoms with van der Waals surface area (Å²) in [5, 5.41) is 6.54. The molecule has 3 aromatic rings.